The molecule has 0 aliphatic carbocycles. The molecule has 3 aliphatic heterocycles. The van der Waals surface area contributed by atoms with Crippen molar-refractivity contribution in [3.05, 3.63) is 183 Å². The number of carbonyl (C=O) groups excluding carboxylic acids is 3. The number of ether oxygens (including phenoxy) is 3. The van der Waals surface area contributed by atoms with Gasteiger partial charge in [0.25, 0.3) is 47.8 Å². The molecule has 0 unspecified atom stereocenters. The van der Waals surface area contributed by atoms with Crippen molar-refractivity contribution in [3.8, 4) is 17.2 Å². The smallest absolute Gasteiger partial charge is 0.259 e. The van der Waals surface area contributed by atoms with Crippen molar-refractivity contribution in [2.24, 2.45) is 30.4 Å². The van der Waals surface area contributed by atoms with Crippen molar-refractivity contribution < 1.29 is 53.8 Å². The minimum atomic E-state index is -3.62. The van der Waals surface area contributed by atoms with E-state index in [1.165, 1.54) is 0 Å². The van der Waals surface area contributed by atoms with Crippen LogP contribution in [-0.4, -0.2) is 107 Å². The average molecular weight is 1260 g/mol. The van der Waals surface area contributed by atoms with Crippen molar-refractivity contribution >= 4 is 65.3 Å². The minimum absolute atomic E-state index is 0.0802. The molecule has 0 fully saturated rings. The minimum Gasteiger partial charge on any atom is -0.490 e. The van der Waals surface area contributed by atoms with Gasteiger partial charge in [0.15, 0.2) is 0 Å². The van der Waals surface area contributed by atoms with Crippen LogP contribution >= 0.6 is 0 Å². The van der Waals surface area contributed by atoms with Gasteiger partial charge in [0.05, 0.1) is 50.6 Å². The first kappa shape index (κ1) is 66.8. The van der Waals surface area contributed by atoms with Gasteiger partial charge in [0.2, 0.25) is 0 Å². The monoisotopic (exact) mass is 1260 g/mol. The van der Waals surface area contributed by atoms with E-state index >= 15 is 0 Å². The van der Waals surface area contributed by atoms with E-state index in [9.17, 15) is 39.6 Å². The highest BCUT2D eigenvalue weighted by molar-refractivity contribution is 7.90. The van der Waals surface area contributed by atoms with Gasteiger partial charge in [-0.3, -0.25) is 24.4 Å². The maximum atomic E-state index is 12.9. The number of aromatic nitrogens is 2. The van der Waals surface area contributed by atoms with Gasteiger partial charge in [-0.05, 0) is 124 Å². The molecule has 0 atom stereocenters. The molecule has 468 valence electrons. The number of sulfonamides is 3. The van der Waals surface area contributed by atoms with Crippen LogP contribution in [0.25, 0.3) is 0 Å². The molecular weight excluding hydrogens is 1190 g/mol. The summed E-state index contributed by atoms with van der Waals surface area (Å²) in [5, 5.41) is 9.15. The second-order valence-corrected chi connectivity index (χ2v) is 26.9. The summed E-state index contributed by atoms with van der Waals surface area (Å²) in [5.41, 5.74) is 22.2. The van der Waals surface area contributed by atoms with E-state index in [1.54, 1.807) is 116 Å². The Labute approximate surface area is 514 Å². The van der Waals surface area contributed by atoms with Gasteiger partial charge in [-0.1, -0.05) is 89.2 Å². The molecule has 5 heterocycles. The third-order valence-electron chi connectivity index (χ3n) is 15.0. The molecule has 9 rings (SSSR count). The molecular formula is C62H75N11O12S3. The number of aryl methyl sites for hydroxylation is 2. The SMILES string of the molecule is CC(C)(COc1cccc2c1C(N)=NS(=O)(=O)C2)NC(=O)c1ccccc1.CCC(CC)(COc1cccc2c1C(N)=NS(=O)(=O)C2)NC(=O)c1ccnc(C)c1.CCc1cc(C(=O)NC(CC)(CC)COc2cccc3c2C(N)=NS(=O)(=O)C3)ccn1. The zero-order valence-electron chi connectivity index (χ0n) is 50.4. The fraction of sp³-hybridized carbons (Fsp3) is 0.355. The first-order chi connectivity index (χ1) is 41.6. The number of nitrogens with zero attached hydrogens (tertiary/aromatic N) is 5. The lowest BCUT2D eigenvalue weighted by Gasteiger charge is -2.33. The molecule has 4 aromatic carbocycles. The van der Waals surface area contributed by atoms with Gasteiger partial charge >= 0.3 is 0 Å². The maximum absolute atomic E-state index is 12.9. The number of amidine groups is 3. The molecule has 0 saturated heterocycles. The second-order valence-electron chi connectivity index (χ2n) is 22.0. The Morgan fingerprint density at radius 2 is 0.852 bits per heavy atom. The fourth-order valence-corrected chi connectivity index (χ4v) is 13.0. The number of rotatable bonds is 20. The zero-order chi connectivity index (χ0) is 64.2. The lowest BCUT2D eigenvalue weighted by Crippen LogP contribution is -2.52. The summed E-state index contributed by atoms with van der Waals surface area (Å²) < 4.78 is 99.8. The van der Waals surface area contributed by atoms with Crippen molar-refractivity contribution in [3.63, 3.8) is 0 Å². The third-order valence-corrected chi connectivity index (χ3v) is 18.4. The highest BCUT2D eigenvalue weighted by Gasteiger charge is 2.34. The normalized spacial score (nSPS) is 15.2. The van der Waals surface area contributed by atoms with Crippen LogP contribution in [0.1, 0.15) is 150 Å². The molecule has 3 amide bonds. The summed E-state index contributed by atoms with van der Waals surface area (Å²) in [7, 11) is -10.8. The Morgan fingerprint density at radius 3 is 1.24 bits per heavy atom. The van der Waals surface area contributed by atoms with Gasteiger partial charge in [-0.25, -0.2) is 25.3 Å². The molecule has 0 spiro atoms. The predicted molar refractivity (Wildman–Crippen MR) is 338 cm³/mol. The van der Waals surface area contributed by atoms with Crippen LogP contribution in [0.15, 0.2) is 135 Å². The Kier molecular flexibility index (Phi) is 21.2. The molecule has 2 aromatic heterocycles. The largest absolute Gasteiger partial charge is 0.490 e. The summed E-state index contributed by atoms with van der Waals surface area (Å²) in [6.45, 7) is 16.0. The first-order valence-electron chi connectivity index (χ1n) is 28.5. The molecule has 3 aliphatic rings. The van der Waals surface area contributed by atoms with E-state index in [4.69, 9.17) is 31.4 Å². The van der Waals surface area contributed by atoms with Gasteiger partial charge < -0.3 is 47.4 Å². The molecule has 0 radical (unpaired) electrons. The van der Waals surface area contributed by atoms with E-state index < -0.39 is 46.7 Å². The van der Waals surface area contributed by atoms with E-state index in [-0.39, 0.29) is 72.3 Å². The first-order valence-corrected chi connectivity index (χ1v) is 33.3. The number of pyridine rings is 2. The quantitative estimate of drug-likeness (QED) is 0.0463. The molecule has 23 nitrogen and oxygen atoms in total. The molecule has 0 bridgehead atoms. The Morgan fingerprint density at radius 1 is 0.477 bits per heavy atom. The Balaban J connectivity index is 0.000000189. The number of benzene rings is 4. The number of nitrogens with two attached hydrogens (primary N) is 3. The molecule has 88 heavy (non-hydrogen) atoms. The molecule has 0 saturated carbocycles. The van der Waals surface area contributed by atoms with Crippen molar-refractivity contribution in [2.45, 2.75) is 121 Å². The number of hydrogen-bond donors (Lipinski definition) is 6. The summed E-state index contributed by atoms with van der Waals surface area (Å²) in [5.74, 6) is -0.150. The van der Waals surface area contributed by atoms with Crippen molar-refractivity contribution in [1.29, 1.82) is 0 Å². The van der Waals surface area contributed by atoms with Gasteiger partial charge in [-0.15, -0.1) is 13.2 Å². The number of fused-ring (bicyclic) bond motifs is 3. The highest BCUT2D eigenvalue weighted by atomic mass is 32.2. The van der Waals surface area contributed by atoms with Gasteiger partial charge in [0, 0.05) is 40.5 Å². The van der Waals surface area contributed by atoms with Crippen LogP contribution in [0.5, 0.6) is 17.2 Å². The van der Waals surface area contributed by atoms with E-state index in [0.29, 0.717) is 93.0 Å². The summed E-state index contributed by atoms with van der Waals surface area (Å²) in [6.07, 6.45) is 6.57. The Bertz CT molecular complexity index is 4020. The molecule has 26 heteroatoms. The van der Waals surface area contributed by atoms with Crippen LogP contribution in [0.4, 0.5) is 0 Å². The number of hydrogen-bond acceptors (Lipinski definition) is 17. The Hall–Kier alpha value is -8.75. The van der Waals surface area contributed by atoms with Crippen molar-refractivity contribution in [2.75, 3.05) is 19.8 Å². The standard InChI is InChI=1S/C22H28N4O4S.C21H26N4O4S.C19H21N3O4S/c1-4-17-12-15(10-11-24-17)21(27)25-22(5-2,6-3)14-30-18-9-7-8-16-13-31(28,29)26-20(23)19(16)18;1-4-21(5-2,24-20(26)15-9-10-23-14(3)11-15)13-29-17-8-6-7-16-12-30(27,28)25-19(22)18(16)17;1-19(2,21-18(23)13-7-4-3-5-8-13)12-26-15-10-6-9-14-11-27(24,25)22-17(20)16(14)15/h7-12H,4-6,13-14H2,1-3H3,(H2,23,26)(H,25,27);6-11H,4-5,12-13H2,1-3H3,(H2,22,25)(H,24,26);3-10H,11-12H2,1-2H3,(H2,20,22)(H,21,23). The average Bonchev–Trinajstić information content (AvgIpc) is 1.03. The van der Waals surface area contributed by atoms with Crippen LogP contribution < -0.4 is 47.4 Å². The zero-order valence-corrected chi connectivity index (χ0v) is 52.9. The predicted octanol–water partition coefficient (Wildman–Crippen LogP) is 6.69. The summed E-state index contributed by atoms with van der Waals surface area (Å²) in [6, 6.07) is 31.2. The third kappa shape index (κ3) is 17.1. The summed E-state index contributed by atoms with van der Waals surface area (Å²) >= 11 is 0. The van der Waals surface area contributed by atoms with Crippen LogP contribution in [0.2, 0.25) is 0 Å². The van der Waals surface area contributed by atoms with E-state index in [0.717, 1.165) is 17.8 Å². The van der Waals surface area contributed by atoms with Gasteiger partial charge in [0.1, 0.15) is 54.6 Å². The van der Waals surface area contributed by atoms with Crippen LogP contribution in [0.3, 0.4) is 0 Å². The number of nitrogens with one attached hydrogen (secondary N) is 3. The molecule has 6 aromatic rings. The number of amides is 3. The van der Waals surface area contributed by atoms with Crippen LogP contribution in [0, 0.1) is 6.92 Å². The van der Waals surface area contributed by atoms with Crippen LogP contribution in [-0.2, 0) is 53.7 Å². The van der Waals surface area contributed by atoms with E-state index in [1.807, 2.05) is 61.5 Å². The van der Waals surface area contributed by atoms with Gasteiger partial charge in [-0.2, -0.15) is 0 Å². The lowest BCUT2D eigenvalue weighted by atomic mass is 9.93. The maximum Gasteiger partial charge on any atom is 0.259 e. The topological polar surface area (TPSA) is 358 Å². The lowest BCUT2D eigenvalue weighted by molar-refractivity contribution is 0.0830. The highest BCUT2D eigenvalue weighted by Crippen LogP contribution is 2.33. The fourth-order valence-electron chi connectivity index (χ4n) is 9.75. The molecule has 9 N–H and O–H groups in total. The second kappa shape index (κ2) is 28.0. The number of carbonyl (C=O) groups is 3. The van der Waals surface area contributed by atoms with Crippen molar-refractivity contribution in [1.82, 2.24) is 25.9 Å². The van der Waals surface area contributed by atoms with E-state index in [2.05, 4.69) is 39.1 Å². The summed E-state index contributed by atoms with van der Waals surface area (Å²) in [4.78, 5) is 46.4.